The second kappa shape index (κ2) is 5.88. The van der Waals surface area contributed by atoms with Crippen LogP contribution in [0.3, 0.4) is 0 Å². The molecule has 0 saturated carbocycles. The van der Waals surface area contributed by atoms with Crippen molar-refractivity contribution in [1.82, 2.24) is 0 Å². The number of rotatable bonds is 3. The van der Waals surface area contributed by atoms with Crippen LogP contribution in [0.1, 0.15) is 17.2 Å². The Kier molecular flexibility index (Phi) is 4.06. The van der Waals surface area contributed by atoms with Crippen molar-refractivity contribution < 1.29 is 8.42 Å². The normalized spacial score (nSPS) is 16.8. The zero-order chi connectivity index (χ0) is 16.6. The van der Waals surface area contributed by atoms with Gasteiger partial charge in [-0.25, -0.2) is 8.42 Å². The van der Waals surface area contributed by atoms with E-state index >= 15 is 0 Å². The zero-order valence-corrected chi connectivity index (χ0v) is 14.6. The predicted octanol–water partition coefficient (Wildman–Crippen LogP) is 4.32. The lowest BCUT2D eigenvalue weighted by Crippen LogP contribution is -2.29. The van der Waals surface area contributed by atoms with E-state index in [9.17, 15) is 8.42 Å². The first-order valence-electron chi connectivity index (χ1n) is 6.86. The molecular weight excluding hydrogens is 380 g/mol. The molecular formula is C15H13BrN4O2S. The minimum Gasteiger partial charge on any atom is -0.265 e. The molecule has 6 nitrogen and oxygen atoms in total. The van der Waals surface area contributed by atoms with Gasteiger partial charge in [-0.15, -0.1) is 0 Å². The molecule has 0 amide bonds. The lowest BCUT2D eigenvalue weighted by molar-refractivity contribution is 0.589. The molecule has 2 aromatic carbocycles. The molecule has 8 heteroatoms. The molecule has 23 heavy (non-hydrogen) atoms. The minimum atomic E-state index is -3.70. The van der Waals surface area contributed by atoms with Crippen molar-refractivity contribution in [2.45, 2.75) is 17.9 Å². The van der Waals surface area contributed by atoms with Gasteiger partial charge in [0.2, 0.25) is 0 Å². The van der Waals surface area contributed by atoms with E-state index < -0.39 is 16.1 Å². The Labute approximate surface area is 142 Å². The van der Waals surface area contributed by atoms with Gasteiger partial charge in [-0.2, -0.15) is 0 Å². The van der Waals surface area contributed by atoms with Gasteiger partial charge in [0.25, 0.3) is 10.0 Å². The molecule has 0 aromatic heterocycles. The summed E-state index contributed by atoms with van der Waals surface area (Å²) < 4.78 is 28.0. The molecule has 1 unspecified atom stereocenters. The predicted molar refractivity (Wildman–Crippen MR) is 91.7 cm³/mol. The van der Waals surface area contributed by atoms with Crippen LogP contribution in [0.5, 0.6) is 0 Å². The summed E-state index contributed by atoms with van der Waals surface area (Å²) in [5.74, 6) is 0. The number of sulfonamides is 1. The summed E-state index contributed by atoms with van der Waals surface area (Å²) in [4.78, 5) is 3.06. The van der Waals surface area contributed by atoms with Crippen LogP contribution in [0.4, 0.5) is 5.69 Å². The Morgan fingerprint density at radius 3 is 2.61 bits per heavy atom. The highest BCUT2D eigenvalue weighted by molar-refractivity contribution is 9.10. The van der Waals surface area contributed by atoms with Gasteiger partial charge in [-0.3, -0.25) is 4.31 Å². The Balaban J connectivity index is 2.11. The molecule has 1 aliphatic rings. The zero-order valence-electron chi connectivity index (χ0n) is 12.2. The lowest BCUT2D eigenvalue weighted by Gasteiger charge is -2.20. The fraction of sp³-hybridized carbons (Fsp3) is 0.200. The van der Waals surface area contributed by atoms with Gasteiger partial charge in [-0.1, -0.05) is 38.7 Å². The molecule has 118 valence electrons. The van der Waals surface area contributed by atoms with E-state index in [1.807, 2.05) is 6.92 Å². The van der Waals surface area contributed by atoms with Crippen LogP contribution < -0.4 is 4.31 Å². The van der Waals surface area contributed by atoms with Crippen molar-refractivity contribution >= 4 is 31.6 Å². The monoisotopic (exact) mass is 392 g/mol. The third-order valence-corrected chi connectivity index (χ3v) is 6.04. The molecule has 1 aliphatic heterocycles. The number of aryl methyl sites for hydroxylation is 1. The SMILES string of the molecule is Cc1ccc(S(=O)(=O)N2CC(N=[N+]=[N-])c3cc(Br)ccc32)cc1. The van der Waals surface area contributed by atoms with E-state index in [2.05, 4.69) is 26.0 Å². The third-order valence-electron chi connectivity index (χ3n) is 3.76. The van der Waals surface area contributed by atoms with Gasteiger partial charge in [-0.05, 0) is 48.4 Å². The summed E-state index contributed by atoms with van der Waals surface area (Å²) in [5, 5.41) is 3.73. The molecule has 0 N–H and O–H groups in total. The van der Waals surface area contributed by atoms with E-state index in [1.54, 1.807) is 42.5 Å². The van der Waals surface area contributed by atoms with Crippen LogP contribution in [-0.2, 0) is 10.0 Å². The molecule has 1 heterocycles. The first-order valence-corrected chi connectivity index (χ1v) is 9.10. The smallest absolute Gasteiger partial charge is 0.264 e. The second-order valence-corrected chi connectivity index (χ2v) is 8.05. The van der Waals surface area contributed by atoms with Crippen molar-refractivity contribution in [2.75, 3.05) is 10.8 Å². The molecule has 0 saturated heterocycles. The van der Waals surface area contributed by atoms with Crippen molar-refractivity contribution in [3.8, 4) is 0 Å². The van der Waals surface area contributed by atoms with Gasteiger partial charge in [0.05, 0.1) is 16.6 Å². The average Bonchev–Trinajstić information content (AvgIpc) is 2.87. The summed E-state index contributed by atoms with van der Waals surface area (Å²) in [5.41, 5.74) is 11.0. The molecule has 1 atom stereocenters. The summed E-state index contributed by atoms with van der Waals surface area (Å²) in [7, 11) is -3.70. The molecule has 0 bridgehead atoms. The van der Waals surface area contributed by atoms with Gasteiger partial charge < -0.3 is 0 Å². The van der Waals surface area contributed by atoms with Crippen LogP contribution in [0.15, 0.2) is 56.9 Å². The number of hydrogen-bond donors (Lipinski definition) is 0. The van der Waals surface area contributed by atoms with Crippen molar-refractivity contribution in [2.24, 2.45) is 5.11 Å². The maximum absolute atomic E-state index is 12.9. The summed E-state index contributed by atoms with van der Waals surface area (Å²) in [6, 6.07) is 11.4. The minimum absolute atomic E-state index is 0.103. The molecule has 0 spiro atoms. The first kappa shape index (κ1) is 15.9. The van der Waals surface area contributed by atoms with Gasteiger partial charge in [0, 0.05) is 15.9 Å². The van der Waals surface area contributed by atoms with Gasteiger partial charge in [0.15, 0.2) is 0 Å². The van der Waals surface area contributed by atoms with Crippen molar-refractivity contribution in [3.63, 3.8) is 0 Å². The average molecular weight is 393 g/mol. The van der Waals surface area contributed by atoms with E-state index in [1.165, 1.54) is 4.31 Å². The van der Waals surface area contributed by atoms with Crippen LogP contribution in [0.25, 0.3) is 10.4 Å². The van der Waals surface area contributed by atoms with E-state index in [0.717, 1.165) is 10.0 Å². The fourth-order valence-electron chi connectivity index (χ4n) is 2.60. The first-order chi connectivity index (χ1) is 10.9. The lowest BCUT2D eigenvalue weighted by atomic mass is 10.1. The van der Waals surface area contributed by atoms with Crippen molar-refractivity contribution in [1.29, 1.82) is 0 Å². The Bertz CT molecular complexity index is 906. The number of fused-ring (bicyclic) bond motifs is 1. The maximum Gasteiger partial charge on any atom is 0.264 e. The number of benzene rings is 2. The Morgan fingerprint density at radius 1 is 1.26 bits per heavy atom. The van der Waals surface area contributed by atoms with Crippen LogP contribution >= 0.6 is 15.9 Å². The third kappa shape index (κ3) is 2.81. The Hall–Kier alpha value is -2.02. The number of azide groups is 1. The van der Waals surface area contributed by atoms with Gasteiger partial charge in [0.1, 0.15) is 0 Å². The molecule has 2 aromatic rings. The summed E-state index contributed by atoms with van der Waals surface area (Å²) >= 11 is 3.36. The van der Waals surface area contributed by atoms with E-state index in [0.29, 0.717) is 11.3 Å². The summed E-state index contributed by atoms with van der Waals surface area (Å²) in [6.45, 7) is 2.00. The van der Waals surface area contributed by atoms with E-state index in [-0.39, 0.29) is 11.4 Å². The second-order valence-electron chi connectivity index (χ2n) is 5.27. The fourth-order valence-corrected chi connectivity index (χ4v) is 4.48. The Morgan fingerprint density at radius 2 is 1.96 bits per heavy atom. The highest BCUT2D eigenvalue weighted by Gasteiger charge is 2.36. The molecule has 0 fully saturated rings. The highest BCUT2D eigenvalue weighted by Crippen LogP contribution is 2.41. The molecule has 0 aliphatic carbocycles. The standard InChI is InChI=1S/C15H13BrN4O2S/c1-10-2-5-12(6-3-10)23(21,22)20-9-14(18-19-17)13-8-11(16)4-7-15(13)20/h2-8,14H,9H2,1H3. The summed E-state index contributed by atoms with van der Waals surface area (Å²) in [6.07, 6.45) is 0. The quantitative estimate of drug-likeness (QED) is 0.442. The van der Waals surface area contributed by atoms with Crippen LogP contribution in [0, 0.1) is 6.92 Å². The largest absolute Gasteiger partial charge is 0.265 e. The highest BCUT2D eigenvalue weighted by atomic mass is 79.9. The number of hydrogen-bond acceptors (Lipinski definition) is 3. The number of nitrogens with zero attached hydrogens (tertiary/aromatic N) is 4. The number of halogens is 1. The van der Waals surface area contributed by atoms with Crippen LogP contribution in [0.2, 0.25) is 0 Å². The van der Waals surface area contributed by atoms with Crippen molar-refractivity contribution in [3.05, 3.63) is 68.5 Å². The topological polar surface area (TPSA) is 86.1 Å². The number of anilines is 1. The van der Waals surface area contributed by atoms with E-state index in [4.69, 9.17) is 5.53 Å². The molecule has 0 radical (unpaired) electrons. The van der Waals surface area contributed by atoms with Gasteiger partial charge >= 0.3 is 0 Å². The molecule has 3 rings (SSSR count). The van der Waals surface area contributed by atoms with Crippen LogP contribution in [-0.4, -0.2) is 15.0 Å². The maximum atomic E-state index is 12.9.